The van der Waals surface area contributed by atoms with Crippen LogP contribution in [0, 0.1) is 0 Å². The fraction of sp³-hybridized carbons (Fsp3) is 0.522. The number of amides is 1. The molecule has 156 valence electrons. The van der Waals surface area contributed by atoms with E-state index >= 15 is 0 Å². The summed E-state index contributed by atoms with van der Waals surface area (Å²) in [5, 5.41) is 0.542. The Balaban J connectivity index is 0.000000224. The van der Waals surface area contributed by atoms with E-state index in [2.05, 4.69) is 28.2 Å². The first-order valence-electron chi connectivity index (χ1n) is 10.7. The zero-order valence-electron chi connectivity index (χ0n) is 17.2. The second kappa shape index (κ2) is 10.6. The van der Waals surface area contributed by atoms with Crippen molar-refractivity contribution in [3.63, 3.8) is 0 Å². The topological polar surface area (TPSA) is 72.1 Å². The van der Waals surface area contributed by atoms with E-state index in [1.807, 2.05) is 11.0 Å². The van der Waals surface area contributed by atoms with Crippen molar-refractivity contribution < 1.29 is 4.79 Å². The number of aromatic nitrogens is 2. The lowest BCUT2D eigenvalue weighted by molar-refractivity contribution is -0.129. The molecule has 0 spiro atoms. The standard InChI is InChI=1S/C16H18ClN3.C7H13NO/c17-14-10-19-16(18)20-15(14)13-8-4-7-12(9-13)11-5-2-1-3-6-11;1-7(9)8-5-3-2-4-6-8/h4,7-11H,1-3,5-6H2,(H2,18,19,20);2-6H2,1H3. The molecule has 0 bridgehead atoms. The van der Waals surface area contributed by atoms with Gasteiger partial charge in [-0.25, -0.2) is 9.97 Å². The highest BCUT2D eigenvalue weighted by Gasteiger charge is 2.16. The van der Waals surface area contributed by atoms with Crippen LogP contribution in [0.3, 0.4) is 0 Å². The van der Waals surface area contributed by atoms with Gasteiger partial charge in [-0.3, -0.25) is 4.79 Å². The summed E-state index contributed by atoms with van der Waals surface area (Å²) < 4.78 is 0. The van der Waals surface area contributed by atoms with Crippen molar-refractivity contribution >= 4 is 23.5 Å². The molecular weight excluding hydrogens is 384 g/mol. The molecule has 2 N–H and O–H groups in total. The molecule has 2 aromatic rings. The number of carbonyl (C=O) groups is 1. The Labute approximate surface area is 178 Å². The van der Waals surface area contributed by atoms with Gasteiger partial charge in [0, 0.05) is 25.6 Å². The van der Waals surface area contributed by atoms with E-state index in [0.717, 1.165) is 24.3 Å². The maximum Gasteiger partial charge on any atom is 0.220 e. The lowest BCUT2D eigenvalue weighted by Gasteiger charge is -2.24. The van der Waals surface area contributed by atoms with Gasteiger partial charge >= 0.3 is 0 Å². The third kappa shape index (κ3) is 6.17. The second-order valence-electron chi connectivity index (χ2n) is 7.95. The highest BCUT2D eigenvalue weighted by molar-refractivity contribution is 6.32. The Morgan fingerprint density at radius 3 is 2.45 bits per heavy atom. The number of anilines is 1. The first-order valence-corrected chi connectivity index (χ1v) is 11.1. The highest BCUT2D eigenvalue weighted by Crippen LogP contribution is 2.35. The third-order valence-corrected chi connectivity index (χ3v) is 6.08. The SMILES string of the molecule is CC(=O)N1CCCCC1.Nc1ncc(Cl)c(-c2cccc(C3CCCCC3)c2)n1. The van der Waals surface area contributed by atoms with Gasteiger partial charge in [-0.05, 0) is 49.7 Å². The molecule has 2 heterocycles. The van der Waals surface area contributed by atoms with Crippen LogP contribution in [-0.2, 0) is 4.79 Å². The first kappa shape index (κ1) is 21.6. The van der Waals surface area contributed by atoms with E-state index in [0.29, 0.717) is 10.9 Å². The Kier molecular flexibility index (Phi) is 7.87. The Bertz CT molecular complexity index is 814. The average molecular weight is 415 g/mol. The van der Waals surface area contributed by atoms with Crippen molar-refractivity contribution in [3.8, 4) is 11.3 Å². The summed E-state index contributed by atoms with van der Waals surface area (Å²) in [6.07, 6.45) is 11.8. The molecule has 1 amide bonds. The van der Waals surface area contributed by atoms with Gasteiger partial charge in [-0.1, -0.05) is 49.1 Å². The van der Waals surface area contributed by atoms with Crippen LogP contribution in [0.25, 0.3) is 11.3 Å². The molecule has 1 saturated heterocycles. The minimum atomic E-state index is 0.231. The molecular formula is C23H31ClN4O. The largest absolute Gasteiger partial charge is 0.368 e. The van der Waals surface area contributed by atoms with Crippen LogP contribution in [0.1, 0.15) is 69.8 Å². The lowest BCUT2D eigenvalue weighted by Crippen LogP contribution is -2.33. The van der Waals surface area contributed by atoms with E-state index in [9.17, 15) is 4.79 Å². The quantitative estimate of drug-likeness (QED) is 0.709. The average Bonchev–Trinajstić information content (AvgIpc) is 2.77. The Hall–Kier alpha value is -2.14. The van der Waals surface area contributed by atoms with Crippen molar-refractivity contribution in [1.29, 1.82) is 0 Å². The van der Waals surface area contributed by atoms with Crippen LogP contribution in [0.15, 0.2) is 30.5 Å². The number of benzene rings is 1. The molecule has 2 aliphatic rings. The van der Waals surface area contributed by atoms with Crippen LogP contribution in [0.4, 0.5) is 5.95 Å². The van der Waals surface area contributed by atoms with Gasteiger partial charge in [-0.15, -0.1) is 0 Å². The van der Waals surface area contributed by atoms with E-state index in [-0.39, 0.29) is 11.9 Å². The van der Waals surface area contributed by atoms with Crippen LogP contribution in [0.2, 0.25) is 5.02 Å². The molecule has 0 unspecified atom stereocenters. The van der Waals surface area contributed by atoms with Gasteiger partial charge in [0.05, 0.1) is 16.9 Å². The normalized spacial score (nSPS) is 17.4. The summed E-state index contributed by atoms with van der Waals surface area (Å²) in [7, 11) is 0. The zero-order chi connectivity index (χ0) is 20.6. The first-order chi connectivity index (χ1) is 14.0. The minimum absolute atomic E-state index is 0.231. The Morgan fingerprint density at radius 2 is 1.79 bits per heavy atom. The number of piperidine rings is 1. The monoisotopic (exact) mass is 414 g/mol. The third-order valence-electron chi connectivity index (χ3n) is 5.80. The minimum Gasteiger partial charge on any atom is -0.368 e. The van der Waals surface area contributed by atoms with Gasteiger partial charge in [-0.2, -0.15) is 0 Å². The number of halogens is 1. The smallest absolute Gasteiger partial charge is 0.220 e. The van der Waals surface area contributed by atoms with Crippen LogP contribution in [0.5, 0.6) is 0 Å². The molecule has 1 saturated carbocycles. The molecule has 1 aliphatic heterocycles. The van der Waals surface area contributed by atoms with E-state index < -0.39 is 0 Å². The summed E-state index contributed by atoms with van der Waals surface area (Å²) in [5.74, 6) is 1.16. The molecule has 2 fully saturated rings. The van der Waals surface area contributed by atoms with Crippen molar-refractivity contribution in [2.45, 2.75) is 64.2 Å². The number of carbonyl (C=O) groups excluding carboxylic acids is 1. The summed E-state index contributed by atoms with van der Waals surface area (Å²) in [4.78, 5) is 20.8. The molecule has 4 rings (SSSR count). The number of nitrogens with two attached hydrogens (primary N) is 1. The molecule has 0 radical (unpaired) electrons. The second-order valence-corrected chi connectivity index (χ2v) is 8.36. The summed E-state index contributed by atoms with van der Waals surface area (Å²) in [6, 6.07) is 8.51. The van der Waals surface area contributed by atoms with Gasteiger partial charge in [0.2, 0.25) is 11.9 Å². The summed E-state index contributed by atoms with van der Waals surface area (Å²) in [5.41, 5.74) is 8.79. The van der Waals surface area contributed by atoms with E-state index in [1.165, 1.54) is 56.9 Å². The van der Waals surface area contributed by atoms with Gasteiger partial charge in [0.25, 0.3) is 0 Å². The van der Waals surface area contributed by atoms with Gasteiger partial charge < -0.3 is 10.6 Å². The van der Waals surface area contributed by atoms with Gasteiger partial charge in [0.15, 0.2) is 0 Å². The lowest BCUT2D eigenvalue weighted by atomic mass is 9.83. The van der Waals surface area contributed by atoms with Gasteiger partial charge in [0.1, 0.15) is 0 Å². The molecule has 1 aromatic heterocycles. The van der Waals surface area contributed by atoms with Crippen LogP contribution in [-0.4, -0.2) is 33.9 Å². The number of rotatable bonds is 2. The molecule has 5 nitrogen and oxygen atoms in total. The highest BCUT2D eigenvalue weighted by atomic mass is 35.5. The van der Waals surface area contributed by atoms with E-state index in [4.69, 9.17) is 17.3 Å². The van der Waals surface area contributed by atoms with Crippen molar-refractivity contribution in [2.24, 2.45) is 0 Å². The predicted molar refractivity (Wildman–Crippen MR) is 119 cm³/mol. The fourth-order valence-electron chi connectivity index (χ4n) is 4.17. The van der Waals surface area contributed by atoms with Crippen LogP contribution >= 0.6 is 11.6 Å². The zero-order valence-corrected chi connectivity index (χ0v) is 18.0. The molecule has 6 heteroatoms. The van der Waals surface area contributed by atoms with E-state index in [1.54, 1.807) is 13.1 Å². The molecule has 0 atom stereocenters. The van der Waals surface area contributed by atoms with Crippen molar-refractivity contribution in [3.05, 3.63) is 41.0 Å². The summed E-state index contributed by atoms with van der Waals surface area (Å²) in [6.45, 7) is 3.61. The number of likely N-dealkylation sites (tertiary alicyclic amines) is 1. The maximum atomic E-state index is 10.7. The molecule has 29 heavy (non-hydrogen) atoms. The van der Waals surface area contributed by atoms with Crippen LogP contribution < -0.4 is 5.73 Å². The number of nitrogens with zero attached hydrogens (tertiary/aromatic N) is 3. The Morgan fingerprint density at radius 1 is 1.10 bits per heavy atom. The maximum absolute atomic E-state index is 10.7. The molecule has 1 aromatic carbocycles. The predicted octanol–water partition coefficient (Wildman–Crippen LogP) is 5.45. The number of hydrogen-bond acceptors (Lipinski definition) is 4. The number of hydrogen-bond donors (Lipinski definition) is 1. The number of nitrogen functional groups attached to an aromatic ring is 1. The fourth-order valence-corrected chi connectivity index (χ4v) is 4.37. The molecule has 1 aliphatic carbocycles. The van der Waals surface area contributed by atoms with Crippen molar-refractivity contribution in [1.82, 2.24) is 14.9 Å². The van der Waals surface area contributed by atoms with Crippen molar-refractivity contribution in [2.75, 3.05) is 18.8 Å². The summed E-state index contributed by atoms with van der Waals surface area (Å²) >= 11 is 6.19.